The smallest absolute Gasteiger partial charge is 0.164 e. The standard InChI is InChI=1S/C14H19BrN4O/c1-10(2)7-19-13(17-9-18-19)8-20-14-11(6-16)4-3-5-12(14)15/h3-5,9-10H,6-8,16H2,1-2H3. The van der Waals surface area contributed by atoms with Gasteiger partial charge in [0.2, 0.25) is 0 Å². The highest BCUT2D eigenvalue weighted by molar-refractivity contribution is 9.10. The highest BCUT2D eigenvalue weighted by Crippen LogP contribution is 2.29. The van der Waals surface area contributed by atoms with Crippen molar-refractivity contribution in [2.45, 2.75) is 33.5 Å². The molecular formula is C14H19BrN4O. The number of ether oxygens (including phenoxy) is 1. The minimum Gasteiger partial charge on any atom is -0.484 e. The van der Waals surface area contributed by atoms with Gasteiger partial charge in [-0.1, -0.05) is 26.0 Å². The van der Waals surface area contributed by atoms with Crippen LogP contribution in [0.25, 0.3) is 0 Å². The van der Waals surface area contributed by atoms with Crippen molar-refractivity contribution < 1.29 is 4.74 Å². The number of halogens is 1. The van der Waals surface area contributed by atoms with E-state index in [0.717, 1.165) is 28.2 Å². The summed E-state index contributed by atoms with van der Waals surface area (Å²) in [6, 6.07) is 5.84. The minimum absolute atomic E-state index is 0.377. The predicted octanol–water partition coefficient (Wildman–Crippen LogP) is 2.73. The van der Waals surface area contributed by atoms with Crippen molar-refractivity contribution in [2.75, 3.05) is 0 Å². The first-order chi connectivity index (χ1) is 9.61. The van der Waals surface area contributed by atoms with E-state index in [-0.39, 0.29) is 0 Å². The lowest BCUT2D eigenvalue weighted by molar-refractivity contribution is 0.278. The van der Waals surface area contributed by atoms with Gasteiger partial charge in [-0.25, -0.2) is 9.67 Å². The van der Waals surface area contributed by atoms with Gasteiger partial charge in [-0.3, -0.25) is 0 Å². The molecule has 2 rings (SSSR count). The molecule has 1 aromatic heterocycles. The molecule has 0 aliphatic rings. The fraction of sp³-hybridized carbons (Fsp3) is 0.429. The number of para-hydroxylation sites is 1. The molecule has 0 fully saturated rings. The Labute approximate surface area is 127 Å². The van der Waals surface area contributed by atoms with Crippen LogP contribution in [0.3, 0.4) is 0 Å². The van der Waals surface area contributed by atoms with Gasteiger partial charge in [-0.2, -0.15) is 5.10 Å². The molecule has 0 amide bonds. The molecule has 5 nitrogen and oxygen atoms in total. The molecule has 0 spiro atoms. The van der Waals surface area contributed by atoms with Crippen molar-refractivity contribution in [3.63, 3.8) is 0 Å². The van der Waals surface area contributed by atoms with Crippen LogP contribution in [-0.2, 0) is 19.7 Å². The van der Waals surface area contributed by atoms with Crippen LogP contribution in [0.4, 0.5) is 0 Å². The van der Waals surface area contributed by atoms with Crippen LogP contribution in [0.5, 0.6) is 5.75 Å². The van der Waals surface area contributed by atoms with Gasteiger partial charge in [0.25, 0.3) is 0 Å². The van der Waals surface area contributed by atoms with Crippen LogP contribution >= 0.6 is 15.9 Å². The van der Waals surface area contributed by atoms with Crippen LogP contribution in [0.15, 0.2) is 29.0 Å². The molecule has 6 heteroatoms. The maximum absolute atomic E-state index is 5.88. The van der Waals surface area contributed by atoms with Crippen molar-refractivity contribution in [1.29, 1.82) is 0 Å². The largest absolute Gasteiger partial charge is 0.484 e. The Morgan fingerprint density at radius 2 is 2.20 bits per heavy atom. The Kier molecular flexibility index (Phi) is 5.14. The Morgan fingerprint density at radius 3 is 2.90 bits per heavy atom. The van der Waals surface area contributed by atoms with E-state index in [1.54, 1.807) is 6.33 Å². The van der Waals surface area contributed by atoms with Crippen LogP contribution in [0.1, 0.15) is 25.2 Å². The number of nitrogens with zero attached hydrogens (tertiary/aromatic N) is 3. The number of hydrogen-bond acceptors (Lipinski definition) is 4. The molecule has 0 aliphatic heterocycles. The van der Waals surface area contributed by atoms with Gasteiger partial charge in [-0.05, 0) is 27.9 Å². The second kappa shape index (κ2) is 6.85. The summed E-state index contributed by atoms with van der Waals surface area (Å²) in [5, 5.41) is 4.22. The van der Waals surface area contributed by atoms with Crippen molar-refractivity contribution in [3.05, 3.63) is 40.4 Å². The van der Waals surface area contributed by atoms with Gasteiger partial charge in [0, 0.05) is 18.7 Å². The van der Waals surface area contributed by atoms with E-state index < -0.39 is 0 Å². The summed E-state index contributed by atoms with van der Waals surface area (Å²) in [5.41, 5.74) is 6.70. The van der Waals surface area contributed by atoms with E-state index in [2.05, 4.69) is 39.9 Å². The second-order valence-electron chi connectivity index (χ2n) is 4.97. The zero-order valence-electron chi connectivity index (χ0n) is 11.7. The van der Waals surface area contributed by atoms with Crippen molar-refractivity contribution in [3.8, 4) is 5.75 Å². The van der Waals surface area contributed by atoms with Gasteiger partial charge in [0.1, 0.15) is 18.7 Å². The van der Waals surface area contributed by atoms with Gasteiger partial charge >= 0.3 is 0 Å². The molecule has 0 aliphatic carbocycles. The third-order valence-corrected chi connectivity index (χ3v) is 3.47. The summed E-state index contributed by atoms with van der Waals surface area (Å²) < 4.78 is 8.65. The molecule has 2 aromatic rings. The molecule has 0 saturated carbocycles. The Bertz CT molecular complexity index is 568. The van der Waals surface area contributed by atoms with E-state index in [1.807, 2.05) is 22.9 Å². The fourth-order valence-corrected chi connectivity index (χ4v) is 2.43. The van der Waals surface area contributed by atoms with E-state index >= 15 is 0 Å². The lowest BCUT2D eigenvalue weighted by Crippen LogP contribution is -2.13. The second-order valence-corrected chi connectivity index (χ2v) is 5.83. The lowest BCUT2D eigenvalue weighted by Gasteiger charge is -2.13. The topological polar surface area (TPSA) is 66.0 Å². The summed E-state index contributed by atoms with van der Waals surface area (Å²) in [6.07, 6.45) is 1.56. The van der Waals surface area contributed by atoms with E-state index in [0.29, 0.717) is 19.1 Å². The number of rotatable bonds is 6. The molecule has 1 heterocycles. The Hall–Kier alpha value is -1.40. The van der Waals surface area contributed by atoms with E-state index in [9.17, 15) is 0 Å². The van der Waals surface area contributed by atoms with Crippen LogP contribution in [0, 0.1) is 5.92 Å². The predicted molar refractivity (Wildman–Crippen MR) is 81.2 cm³/mol. The average Bonchev–Trinajstić information content (AvgIpc) is 2.83. The van der Waals surface area contributed by atoms with Gasteiger partial charge in [-0.15, -0.1) is 0 Å². The van der Waals surface area contributed by atoms with Gasteiger partial charge < -0.3 is 10.5 Å². The number of benzene rings is 1. The average molecular weight is 339 g/mol. The third-order valence-electron chi connectivity index (χ3n) is 2.85. The molecule has 0 unspecified atom stereocenters. The quantitative estimate of drug-likeness (QED) is 0.879. The lowest BCUT2D eigenvalue weighted by atomic mass is 10.2. The number of hydrogen-bond donors (Lipinski definition) is 1. The maximum Gasteiger partial charge on any atom is 0.164 e. The van der Waals surface area contributed by atoms with E-state index in [4.69, 9.17) is 10.5 Å². The van der Waals surface area contributed by atoms with E-state index in [1.165, 1.54) is 0 Å². The molecule has 20 heavy (non-hydrogen) atoms. The SMILES string of the molecule is CC(C)Cn1ncnc1COc1c(Br)cccc1CN. The zero-order chi connectivity index (χ0) is 14.5. The minimum atomic E-state index is 0.377. The first kappa shape index (κ1) is 15.0. The Balaban J connectivity index is 2.11. The summed E-state index contributed by atoms with van der Waals surface area (Å²) in [4.78, 5) is 4.25. The van der Waals surface area contributed by atoms with Crippen molar-refractivity contribution >= 4 is 15.9 Å². The molecule has 0 radical (unpaired) electrons. The molecule has 2 N–H and O–H groups in total. The van der Waals surface area contributed by atoms with Gasteiger partial charge in [0.15, 0.2) is 5.82 Å². The zero-order valence-corrected chi connectivity index (χ0v) is 13.3. The molecule has 0 atom stereocenters. The first-order valence-electron chi connectivity index (χ1n) is 6.58. The summed E-state index contributed by atoms with van der Waals surface area (Å²) in [5.74, 6) is 2.10. The normalized spacial score (nSPS) is 11.1. The van der Waals surface area contributed by atoms with Crippen LogP contribution in [-0.4, -0.2) is 14.8 Å². The molecule has 108 valence electrons. The number of nitrogens with two attached hydrogens (primary N) is 1. The molecule has 0 bridgehead atoms. The summed E-state index contributed by atoms with van der Waals surface area (Å²) in [6.45, 7) is 5.94. The highest BCUT2D eigenvalue weighted by Gasteiger charge is 2.11. The Morgan fingerprint density at radius 1 is 1.40 bits per heavy atom. The first-order valence-corrected chi connectivity index (χ1v) is 7.38. The molecule has 1 aromatic carbocycles. The summed E-state index contributed by atoms with van der Waals surface area (Å²) >= 11 is 3.49. The third kappa shape index (κ3) is 3.58. The van der Waals surface area contributed by atoms with Crippen molar-refractivity contribution in [2.24, 2.45) is 11.7 Å². The monoisotopic (exact) mass is 338 g/mol. The highest BCUT2D eigenvalue weighted by atomic mass is 79.9. The number of aromatic nitrogens is 3. The molecular weight excluding hydrogens is 320 g/mol. The molecule has 0 saturated heterocycles. The van der Waals surface area contributed by atoms with Crippen molar-refractivity contribution in [1.82, 2.24) is 14.8 Å². The van der Waals surface area contributed by atoms with Crippen LogP contribution in [0.2, 0.25) is 0 Å². The van der Waals surface area contributed by atoms with Gasteiger partial charge in [0.05, 0.1) is 4.47 Å². The fourth-order valence-electron chi connectivity index (χ4n) is 1.91. The van der Waals surface area contributed by atoms with Crippen LogP contribution < -0.4 is 10.5 Å². The summed E-state index contributed by atoms with van der Waals surface area (Å²) in [7, 11) is 0. The maximum atomic E-state index is 5.88.